The van der Waals surface area contributed by atoms with E-state index in [1.165, 1.54) is 11.2 Å². The highest BCUT2D eigenvalue weighted by molar-refractivity contribution is 6.35. The number of aromatic nitrogens is 3. The molecule has 2 atom stereocenters. The molecule has 7 rings (SSSR count). The molecule has 0 saturated carbocycles. The number of hydrogen-bond acceptors (Lipinski definition) is 8. The molecule has 2 unspecified atom stereocenters. The summed E-state index contributed by atoms with van der Waals surface area (Å²) in [6.07, 6.45) is 1.69. The third-order valence-electron chi connectivity index (χ3n) is 8.63. The van der Waals surface area contributed by atoms with Crippen molar-refractivity contribution in [2.45, 2.75) is 18.4 Å². The molecular weight excluding hydrogens is 667 g/mol. The number of hydrogen-bond donors (Lipinski definition) is 1. The summed E-state index contributed by atoms with van der Waals surface area (Å²) in [4.78, 5) is 22.0. The van der Waals surface area contributed by atoms with Crippen molar-refractivity contribution < 1.29 is 24.1 Å². The van der Waals surface area contributed by atoms with Crippen LogP contribution in [0.4, 0.5) is 27.5 Å². The second kappa shape index (κ2) is 14.4. The number of amides is 1. The van der Waals surface area contributed by atoms with E-state index in [9.17, 15) is 9.90 Å². The van der Waals surface area contributed by atoms with Gasteiger partial charge in [-0.15, -0.1) is 0 Å². The second-order valence-corrected chi connectivity index (χ2v) is 12.6. The first-order valence-corrected chi connectivity index (χ1v) is 16.6. The number of piperazine rings is 1. The summed E-state index contributed by atoms with van der Waals surface area (Å²) in [6, 6.07) is 30.1. The van der Waals surface area contributed by atoms with Crippen LogP contribution in [0.5, 0.6) is 5.75 Å². The SMILES string of the molecule is O=C(O)N(c1ccccc1)c1ccc(N2CCN(c3ccc(OCC4COC(Cn5cncn5)(c5ccc(Cl)cc5Cl)O4)cc3)CC2)cc1. The van der Waals surface area contributed by atoms with Crippen LogP contribution in [0.1, 0.15) is 5.56 Å². The Morgan fingerprint density at radius 1 is 0.898 bits per heavy atom. The van der Waals surface area contributed by atoms with Crippen molar-refractivity contribution in [1.82, 2.24) is 14.8 Å². The summed E-state index contributed by atoms with van der Waals surface area (Å²) >= 11 is 12.7. The van der Waals surface area contributed by atoms with E-state index in [0.29, 0.717) is 33.6 Å². The molecule has 2 saturated heterocycles. The molecule has 0 radical (unpaired) electrons. The Balaban J connectivity index is 0.929. The van der Waals surface area contributed by atoms with Crippen molar-refractivity contribution in [3.63, 3.8) is 0 Å². The van der Waals surface area contributed by atoms with E-state index in [4.69, 9.17) is 37.4 Å². The Hall–Kier alpha value is -4.81. The maximum atomic E-state index is 12.0. The zero-order valence-electron chi connectivity index (χ0n) is 26.4. The molecule has 3 heterocycles. The molecular formula is C36H34Cl2N6O5. The number of carbonyl (C=O) groups is 1. The number of halogens is 2. The van der Waals surface area contributed by atoms with Crippen LogP contribution in [0.25, 0.3) is 0 Å². The summed E-state index contributed by atoms with van der Waals surface area (Å²) in [6.45, 7) is 4.23. The Bertz CT molecular complexity index is 1860. The fraction of sp³-hybridized carbons (Fsp3) is 0.250. The second-order valence-electron chi connectivity index (χ2n) is 11.8. The third-order valence-corrected chi connectivity index (χ3v) is 9.18. The number of nitrogens with zero attached hydrogens (tertiary/aromatic N) is 6. The average Bonchev–Trinajstić information content (AvgIpc) is 3.79. The zero-order chi connectivity index (χ0) is 33.8. The first-order valence-electron chi connectivity index (χ1n) is 15.9. The van der Waals surface area contributed by atoms with Crippen LogP contribution in [-0.2, 0) is 21.8 Å². The summed E-state index contributed by atoms with van der Waals surface area (Å²) in [5.74, 6) is -0.436. The highest BCUT2D eigenvalue weighted by Crippen LogP contribution is 2.40. The Morgan fingerprint density at radius 2 is 1.55 bits per heavy atom. The molecule has 13 heteroatoms. The van der Waals surface area contributed by atoms with Gasteiger partial charge in [-0.3, -0.25) is 0 Å². The molecule has 11 nitrogen and oxygen atoms in total. The summed E-state index contributed by atoms with van der Waals surface area (Å²) in [5, 5.41) is 15.0. The third kappa shape index (κ3) is 7.30. The summed E-state index contributed by atoms with van der Waals surface area (Å²) in [5.41, 5.74) is 4.05. The highest BCUT2D eigenvalue weighted by Gasteiger charge is 2.45. The van der Waals surface area contributed by atoms with Gasteiger partial charge in [0, 0.05) is 48.1 Å². The van der Waals surface area contributed by atoms with Gasteiger partial charge in [-0.25, -0.2) is 19.4 Å². The summed E-state index contributed by atoms with van der Waals surface area (Å²) < 4.78 is 20.5. The Morgan fingerprint density at radius 3 is 2.16 bits per heavy atom. The molecule has 2 fully saturated rings. The van der Waals surface area contributed by atoms with E-state index in [0.717, 1.165) is 43.3 Å². The van der Waals surface area contributed by atoms with Crippen LogP contribution in [0, 0.1) is 0 Å². The van der Waals surface area contributed by atoms with Crippen molar-refractivity contribution in [3.8, 4) is 5.75 Å². The van der Waals surface area contributed by atoms with Gasteiger partial charge in [-0.05, 0) is 72.8 Å². The lowest BCUT2D eigenvalue weighted by molar-refractivity contribution is -0.190. The molecule has 1 amide bonds. The van der Waals surface area contributed by atoms with Crippen molar-refractivity contribution in [3.05, 3.63) is 125 Å². The fourth-order valence-electron chi connectivity index (χ4n) is 6.21. The van der Waals surface area contributed by atoms with Gasteiger partial charge in [0.15, 0.2) is 0 Å². The van der Waals surface area contributed by atoms with Gasteiger partial charge in [0.25, 0.3) is 0 Å². The van der Waals surface area contributed by atoms with Gasteiger partial charge in [-0.1, -0.05) is 47.5 Å². The fourth-order valence-corrected chi connectivity index (χ4v) is 6.76. The van der Waals surface area contributed by atoms with Crippen molar-refractivity contribution in [2.24, 2.45) is 0 Å². The zero-order valence-corrected chi connectivity index (χ0v) is 28.0. The van der Waals surface area contributed by atoms with Crippen LogP contribution in [0.15, 0.2) is 110 Å². The maximum absolute atomic E-state index is 12.0. The van der Waals surface area contributed by atoms with Gasteiger partial charge in [0.05, 0.1) is 23.0 Å². The van der Waals surface area contributed by atoms with Gasteiger partial charge >= 0.3 is 6.09 Å². The quantitative estimate of drug-likeness (QED) is 0.164. The normalized spacial score (nSPS) is 19.2. The smallest absolute Gasteiger partial charge is 0.416 e. The molecule has 49 heavy (non-hydrogen) atoms. The number of para-hydroxylation sites is 1. The van der Waals surface area contributed by atoms with Gasteiger partial charge in [-0.2, -0.15) is 5.10 Å². The van der Waals surface area contributed by atoms with E-state index in [-0.39, 0.29) is 19.3 Å². The van der Waals surface area contributed by atoms with E-state index < -0.39 is 11.9 Å². The molecule has 4 aromatic carbocycles. The molecule has 0 aliphatic carbocycles. The van der Waals surface area contributed by atoms with Gasteiger partial charge in [0.2, 0.25) is 5.79 Å². The molecule has 1 aromatic heterocycles. The van der Waals surface area contributed by atoms with E-state index in [1.807, 2.05) is 54.6 Å². The van der Waals surface area contributed by atoms with Crippen molar-refractivity contribution in [1.29, 1.82) is 0 Å². The number of ether oxygens (including phenoxy) is 3. The molecule has 2 aliphatic rings. The highest BCUT2D eigenvalue weighted by atomic mass is 35.5. The number of rotatable bonds is 10. The standard InChI is InChI=1S/C36H34Cl2N6O5/c37-26-6-15-33(34(38)20-26)36(23-43-25-39-24-40-43)48-22-32(49-36)21-47-31-13-11-28(12-14-31)42-18-16-41(17-19-42)27-7-9-30(10-8-27)44(35(45)46)29-4-2-1-3-5-29/h1-15,20,24-25,32H,16-19,21-23H2,(H,45,46). The molecule has 2 aliphatic heterocycles. The number of benzene rings is 4. The average molecular weight is 702 g/mol. The molecule has 1 N–H and O–H groups in total. The van der Waals surface area contributed by atoms with Crippen LogP contribution in [0.3, 0.4) is 0 Å². The largest absolute Gasteiger partial charge is 0.491 e. The molecule has 0 bridgehead atoms. The predicted octanol–water partition coefficient (Wildman–Crippen LogP) is 7.08. The molecule has 0 spiro atoms. The van der Waals surface area contributed by atoms with Crippen LogP contribution < -0.4 is 19.4 Å². The number of carboxylic acid groups (broad SMARTS) is 1. The lowest BCUT2D eigenvalue weighted by atomic mass is 10.1. The van der Waals surface area contributed by atoms with Crippen LogP contribution in [-0.4, -0.2) is 71.5 Å². The van der Waals surface area contributed by atoms with E-state index >= 15 is 0 Å². The topological polar surface area (TPSA) is 105 Å². The minimum Gasteiger partial charge on any atom is -0.491 e. The van der Waals surface area contributed by atoms with Crippen molar-refractivity contribution in [2.75, 3.05) is 54.1 Å². The first-order chi connectivity index (χ1) is 23.9. The van der Waals surface area contributed by atoms with Crippen LogP contribution >= 0.6 is 23.2 Å². The molecule has 252 valence electrons. The number of anilines is 4. The first kappa shape index (κ1) is 32.7. The van der Waals surface area contributed by atoms with Crippen LogP contribution in [0.2, 0.25) is 10.0 Å². The molecule has 5 aromatic rings. The van der Waals surface area contributed by atoms with Gasteiger partial charge < -0.3 is 29.1 Å². The van der Waals surface area contributed by atoms with Crippen molar-refractivity contribution >= 4 is 52.0 Å². The van der Waals surface area contributed by atoms with E-state index in [1.54, 1.807) is 41.3 Å². The Kier molecular flexibility index (Phi) is 9.58. The lowest BCUT2D eigenvalue weighted by Crippen LogP contribution is -2.46. The summed E-state index contributed by atoms with van der Waals surface area (Å²) in [7, 11) is 0. The lowest BCUT2D eigenvalue weighted by Gasteiger charge is -2.37. The van der Waals surface area contributed by atoms with E-state index in [2.05, 4.69) is 32.0 Å². The predicted molar refractivity (Wildman–Crippen MR) is 188 cm³/mol. The van der Waals surface area contributed by atoms with Gasteiger partial charge in [0.1, 0.15) is 37.7 Å². The minimum atomic E-state index is -1.17. The maximum Gasteiger partial charge on any atom is 0.416 e. The monoisotopic (exact) mass is 700 g/mol. The Labute approximate surface area is 293 Å². The minimum absolute atomic E-state index is 0.260.